The van der Waals surface area contributed by atoms with Gasteiger partial charge < -0.3 is 5.11 Å². The van der Waals surface area contributed by atoms with Crippen LogP contribution in [0.5, 0.6) is 0 Å². The standard InChI is InChI=1S/C15H18ClN3O.ClH/c1-11(12-2-3-12)15(20,8-19-10-17-9-18-19)13-4-6-14(16)7-5-13;/h4-7,9-12,20H,2-3,8H2,1H3;1H. The second-order valence-electron chi connectivity index (χ2n) is 5.65. The molecule has 6 heteroatoms. The molecule has 1 aliphatic rings. The molecule has 4 nitrogen and oxygen atoms in total. The largest absolute Gasteiger partial charge is 0.383 e. The number of rotatable bonds is 5. The molecule has 2 aromatic rings. The first-order valence-corrected chi connectivity index (χ1v) is 7.28. The SMILES string of the molecule is CC(C1CC1)C(O)(Cn1cncn1)c1ccc(Cl)cc1.Cl. The first kappa shape index (κ1) is 16.3. The Bertz CT molecular complexity index is 569. The summed E-state index contributed by atoms with van der Waals surface area (Å²) in [5, 5.41) is 16.1. The van der Waals surface area contributed by atoms with Crippen molar-refractivity contribution in [1.29, 1.82) is 0 Å². The molecule has 3 rings (SSSR count). The smallest absolute Gasteiger partial charge is 0.137 e. The predicted octanol–water partition coefficient (Wildman–Crippen LogP) is 3.29. The maximum Gasteiger partial charge on any atom is 0.137 e. The zero-order chi connectivity index (χ0) is 14.2. The lowest BCUT2D eigenvalue weighted by Gasteiger charge is -2.35. The van der Waals surface area contributed by atoms with Gasteiger partial charge in [-0.3, -0.25) is 0 Å². The van der Waals surface area contributed by atoms with Crippen LogP contribution in [0.2, 0.25) is 5.02 Å². The Kier molecular flexibility index (Phi) is 4.91. The molecule has 2 unspecified atom stereocenters. The average Bonchev–Trinajstić information content (AvgIpc) is 3.17. The molecular weight excluding hydrogens is 309 g/mol. The molecule has 0 bridgehead atoms. The number of halogens is 2. The Morgan fingerprint density at radius 3 is 2.57 bits per heavy atom. The van der Waals surface area contributed by atoms with Gasteiger partial charge in [0.05, 0.1) is 6.54 Å². The zero-order valence-electron chi connectivity index (χ0n) is 11.8. The minimum Gasteiger partial charge on any atom is -0.383 e. The third-order valence-corrected chi connectivity index (χ3v) is 4.55. The molecule has 2 atom stereocenters. The van der Waals surface area contributed by atoms with Crippen LogP contribution in [0.25, 0.3) is 0 Å². The van der Waals surface area contributed by atoms with Crippen LogP contribution in [-0.4, -0.2) is 19.9 Å². The average molecular weight is 328 g/mol. The van der Waals surface area contributed by atoms with E-state index in [2.05, 4.69) is 17.0 Å². The summed E-state index contributed by atoms with van der Waals surface area (Å²) in [5.41, 5.74) is -0.0591. The molecule has 0 saturated heterocycles. The van der Waals surface area contributed by atoms with Crippen LogP contribution in [0.1, 0.15) is 25.3 Å². The van der Waals surface area contributed by atoms with Crippen molar-refractivity contribution in [1.82, 2.24) is 14.8 Å². The predicted molar refractivity (Wildman–Crippen MR) is 84.5 cm³/mol. The van der Waals surface area contributed by atoms with Crippen molar-refractivity contribution < 1.29 is 5.11 Å². The maximum absolute atomic E-state index is 11.3. The molecule has 1 N–H and O–H groups in total. The summed E-state index contributed by atoms with van der Waals surface area (Å²) in [4.78, 5) is 3.95. The Hall–Kier alpha value is -1.10. The van der Waals surface area contributed by atoms with E-state index < -0.39 is 5.60 Å². The number of aliphatic hydroxyl groups is 1. The fraction of sp³-hybridized carbons (Fsp3) is 0.467. The lowest BCUT2D eigenvalue weighted by molar-refractivity contribution is -0.0442. The van der Waals surface area contributed by atoms with Crippen LogP contribution in [0.3, 0.4) is 0 Å². The highest BCUT2D eigenvalue weighted by atomic mass is 35.5. The minimum absolute atomic E-state index is 0. The summed E-state index contributed by atoms with van der Waals surface area (Å²) in [7, 11) is 0. The van der Waals surface area contributed by atoms with Gasteiger partial charge in [0.15, 0.2) is 0 Å². The van der Waals surface area contributed by atoms with Gasteiger partial charge in [-0.1, -0.05) is 30.7 Å². The van der Waals surface area contributed by atoms with Crippen molar-refractivity contribution in [2.24, 2.45) is 11.8 Å². The molecule has 1 heterocycles. The molecule has 0 aliphatic heterocycles. The summed E-state index contributed by atoms with van der Waals surface area (Å²) >= 11 is 5.95. The van der Waals surface area contributed by atoms with E-state index in [4.69, 9.17) is 11.6 Å². The molecule has 0 amide bonds. The van der Waals surface area contributed by atoms with Gasteiger partial charge in [-0.2, -0.15) is 5.10 Å². The van der Waals surface area contributed by atoms with Crippen LogP contribution in [0.15, 0.2) is 36.9 Å². The normalized spacial score (nSPS) is 18.6. The van der Waals surface area contributed by atoms with Gasteiger partial charge >= 0.3 is 0 Å². The molecule has 21 heavy (non-hydrogen) atoms. The van der Waals surface area contributed by atoms with E-state index in [0.29, 0.717) is 17.5 Å². The van der Waals surface area contributed by atoms with Crippen molar-refractivity contribution in [2.45, 2.75) is 31.9 Å². The Morgan fingerprint density at radius 2 is 2.05 bits per heavy atom. The van der Waals surface area contributed by atoms with E-state index in [0.717, 1.165) is 5.56 Å². The fourth-order valence-electron chi connectivity index (χ4n) is 2.78. The lowest BCUT2D eigenvalue weighted by atomic mass is 9.79. The van der Waals surface area contributed by atoms with Crippen LogP contribution >= 0.6 is 24.0 Å². The Labute approximate surface area is 135 Å². The fourth-order valence-corrected chi connectivity index (χ4v) is 2.91. The summed E-state index contributed by atoms with van der Waals surface area (Å²) in [6.45, 7) is 2.52. The van der Waals surface area contributed by atoms with Crippen LogP contribution in [0, 0.1) is 11.8 Å². The summed E-state index contributed by atoms with van der Waals surface area (Å²) in [6.07, 6.45) is 5.51. The van der Waals surface area contributed by atoms with Crippen LogP contribution in [-0.2, 0) is 12.1 Å². The second kappa shape index (κ2) is 6.34. The maximum atomic E-state index is 11.3. The topological polar surface area (TPSA) is 50.9 Å². The van der Waals surface area contributed by atoms with Gasteiger partial charge in [-0.05, 0) is 42.4 Å². The van der Waals surface area contributed by atoms with Gasteiger partial charge in [0.1, 0.15) is 18.3 Å². The van der Waals surface area contributed by atoms with E-state index in [9.17, 15) is 5.11 Å². The highest BCUT2D eigenvalue weighted by Gasteiger charge is 2.44. The highest BCUT2D eigenvalue weighted by molar-refractivity contribution is 6.30. The molecular formula is C15H19Cl2N3O. The van der Waals surface area contributed by atoms with Crippen molar-refractivity contribution in [3.8, 4) is 0 Å². The molecule has 0 spiro atoms. The van der Waals surface area contributed by atoms with E-state index in [1.54, 1.807) is 11.0 Å². The first-order chi connectivity index (χ1) is 9.59. The third-order valence-electron chi connectivity index (χ3n) is 4.30. The van der Waals surface area contributed by atoms with Crippen molar-refractivity contribution in [3.05, 3.63) is 47.5 Å². The lowest BCUT2D eigenvalue weighted by Crippen LogP contribution is -2.39. The number of benzene rings is 1. The Balaban J connectivity index is 0.00000161. The monoisotopic (exact) mass is 327 g/mol. The van der Waals surface area contributed by atoms with E-state index in [1.807, 2.05) is 24.3 Å². The molecule has 1 aromatic carbocycles. The van der Waals surface area contributed by atoms with Gasteiger partial charge in [-0.25, -0.2) is 9.67 Å². The number of aromatic nitrogens is 3. The van der Waals surface area contributed by atoms with Crippen molar-refractivity contribution in [2.75, 3.05) is 0 Å². The number of nitrogens with zero attached hydrogens (tertiary/aromatic N) is 3. The molecule has 1 fully saturated rings. The molecule has 1 saturated carbocycles. The second-order valence-corrected chi connectivity index (χ2v) is 6.09. The summed E-state index contributed by atoms with van der Waals surface area (Å²) < 4.78 is 1.69. The third kappa shape index (κ3) is 3.39. The van der Waals surface area contributed by atoms with E-state index in [1.165, 1.54) is 19.2 Å². The van der Waals surface area contributed by atoms with E-state index >= 15 is 0 Å². The quantitative estimate of drug-likeness (QED) is 0.916. The highest BCUT2D eigenvalue weighted by Crippen LogP contribution is 2.46. The van der Waals surface area contributed by atoms with Gasteiger partial charge in [-0.15, -0.1) is 12.4 Å². The minimum atomic E-state index is -0.945. The molecule has 114 valence electrons. The van der Waals surface area contributed by atoms with Crippen molar-refractivity contribution >= 4 is 24.0 Å². The Morgan fingerprint density at radius 1 is 1.38 bits per heavy atom. The number of hydrogen-bond donors (Lipinski definition) is 1. The van der Waals surface area contributed by atoms with Gasteiger partial charge in [0, 0.05) is 5.02 Å². The van der Waals surface area contributed by atoms with Crippen LogP contribution < -0.4 is 0 Å². The van der Waals surface area contributed by atoms with Crippen LogP contribution in [0.4, 0.5) is 0 Å². The van der Waals surface area contributed by atoms with Gasteiger partial charge in [0.25, 0.3) is 0 Å². The summed E-state index contributed by atoms with van der Waals surface area (Å²) in [6, 6.07) is 7.45. The molecule has 0 radical (unpaired) electrons. The van der Waals surface area contributed by atoms with E-state index in [-0.39, 0.29) is 18.3 Å². The first-order valence-electron chi connectivity index (χ1n) is 6.90. The molecule has 1 aromatic heterocycles. The zero-order valence-corrected chi connectivity index (χ0v) is 13.4. The summed E-state index contributed by atoms with van der Waals surface area (Å²) in [5.74, 6) is 0.757. The van der Waals surface area contributed by atoms with Crippen molar-refractivity contribution in [3.63, 3.8) is 0 Å². The molecule has 1 aliphatic carbocycles. The van der Waals surface area contributed by atoms with Gasteiger partial charge in [0.2, 0.25) is 0 Å². The number of hydrogen-bond acceptors (Lipinski definition) is 3.